The van der Waals surface area contributed by atoms with E-state index in [1.165, 1.54) is 6.07 Å². The second-order valence-corrected chi connectivity index (χ2v) is 4.33. The molecule has 96 valence electrons. The summed E-state index contributed by atoms with van der Waals surface area (Å²) in [4.78, 5) is 0. The molecule has 4 nitrogen and oxygen atoms in total. The van der Waals surface area contributed by atoms with Gasteiger partial charge in [-0.3, -0.25) is 0 Å². The number of ether oxygens (including phenoxy) is 1. The molecule has 0 bridgehead atoms. The fourth-order valence-electron chi connectivity index (χ4n) is 2.12. The lowest BCUT2D eigenvalue weighted by molar-refractivity contribution is 0.415. The molecule has 1 aromatic heterocycles. The molecule has 0 atom stereocenters. The Balaban J connectivity index is 2.14. The molecule has 3 rings (SSSR count). The Morgan fingerprint density at radius 1 is 0.947 bits per heavy atom. The number of fused-ring (bicyclic) bond motifs is 1. The van der Waals surface area contributed by atoms with Crippen LogP contribution >= 0.6 is 0 Å². The van der Waals surface area contributed by atoms with E-state index in [9.17, 15) is 10.2 Å². The average Bonchev–Trinajstić information content (AvgIpc) is 2.80. The van der Waals surface area contributed by atoms with Gasteiger partial charge in [-0.2, -0.15) is 0 Å². The first-order valence-corrected chi connectivity index (χ1v) is 5.85. The van der Waals surface area contributed by atoms with Gasteiger partial charge in [-0.1, -0.05) is 0 Å². The Morgan fingerprint density at radius 3 is 2.47 bits per heavy atom. The summed E-state index contributed by atoms with van der Waals surface area (Å²) in [6, 6.07) is 10.3. The number of hydrogen-bond acceptors (Lipinski definition) is 3. The zero-order valence-corrected chi connectivity index (χ0v) is 10.4. The van der Waals surface area contributed by atoms with E-state index in [4.69, 9.17) is 4.74 Å². The number of hydrogen-bond donors (Lipinski definition) is 2. The van der Waals surface area contributed by atoms with Crippen LogP contribution in [0, 0.1) is 0 Å². The van der Waals surface area contributed by atoms with Crippen molar-refractivity contribution in [2.24, 2.45) is 0 Å². The van der Waals surface area contributed by atoms with Gasteiger partial charge in [-0.05, 0) is 30.3 Å². The third-order valence-electron chi connectivity index (χ3n) is 3.09. The summed E-state index contributed by atoms with van der Waals surface area (Å²) in [6.07, 6.45) is 3.82. The van der Waals surface area contributed by atoms with Crippen molar-refractivity contribution in [3.05, 3.63) is 48.8 Å². The number of aromatic nitrogens is 1. The molecule has 0 radical (unpaired) electrons. The lowest BCUT2D eigenvalue weighted by atomic mass is 10.2. The van der Waals surface area contributed by atoms with Gasteiger partial charge < -0.3 is 19.5 Å². The summed E-state index contributed by atoms with van der Waals surface area (Å²) >= 11 is 0. The van der Waals surface area contributed by atoms with Crippen molar-refractivity contribution in [1.82, 2.24) is 4.57 Å². The second-order valence-electron chi connectivity index (χ2n) is 4.33. The molecule has 0 amide bonds. The van der Waals surface area contributed by atoms with Crippen molar-refractivity contribution in [1.29, 1.82) is 0 Å². The van der Waals surface area contributed by atoms with Crippen LogP contribution in [0.2, 0.25) is 0 Å². The largest absolute Gasteiger partial charge is 0.508 e. The molecule has 19 heavy (non-hydrogen) atoms. The van der Waals surface area contributed by atoms with Gasteiger partial charge in [0.25, 0.3) is 0 Å². The third kappa shape index (κ3) is 1.97. The molecule has 0 saturated heterocycles. The summed E-state index contributed by atoms with van der Waals surface area (Å²) in [5, 5.41) is 21.2. The maximum atomic E-state index is 9.87. The lowest BCUT2D eigenvalue weighted by Gasteiger charge is -2.05. The Kier molecular flexibility index (Phi) is 2.56. The molecule has 0 spiro atoms. The van der Waals surface area contributed by atoms with E-state index < -0.39 is 0 Å². The van der Waals surface area contributed by atoms with E-state index in [1.807, 2.05) is 35.2 Å². The van der Waals surface area contributed by atoms with Crippen LogP contribution in [0.15, 0.2) is 48.8 Å². The number of aromatic hydroxyl groups is 2. The minimum Gasteiger partial charge on any atom is -0.508 e. The maximum Gasteiger partial charge on any atom is 0.143 e. The van der Waals surface area contributed by atoms with Crippen molar-refractivity contribution in [2.45, 2.75) is 0 Å². The Bertz CT molecular complexity index is 746. The van der Waals surface area contributed by atoms with Crippen LogP contribution in [0.4, 0.5) is 0 Å². The number of methoxy groups -OCH3 is 1. The van der Waals surface area contributed by atoms with Crippen LogP contribution in [-0.4, -0.2) is 21.9 Å². The van der Waals surface area contributed by atoms with Crippen molar-refractivity contribution in [2.75, 3.05) is 7.11 Å². The summed E-state index contributed by atoms with van der Waals surface area (Å²) in [6.45, 7) is 0. The quantitative estimate of drug-likeness (QED) is 0.740. The third-order valence-corrected chi connectivity index (χ3v) is 3.09. The number of phenolic OH excluding ortho intramolecular Hbond substituents is 2. The topological polar surface area (TPSA) is 54.6 Å². The molecular formula is C15H13NO3. The van der Waals surface area contributed by atoms with Gasteiger partial charge in [0.1, 0.15) is 17.2 Å². The van der Waals surface area contributed by atoms with Crippen LogP contribution < -0.4 is 4.74 Å². The van der Waals surface area contributed by atoms with Crippen LogP contribution in [-0.2, 0) is 0 Å². The van der Waals surface area contributed by atoms with Crippen LogP contribution in [0.1, 0.15) is 0 Å². The highest BCUT2D eigenvalue weighted by molar-refractivity contribution is 5.84. The van der Waals surface area contributed by atoms with Crippen molar-refractivity contribution in [3.63, 3.8) is 0 Å². The zero-order chi connectivity index (χ0) is 13.4. The molecule has 0 saturated carbocycles. The molecule has 0 fully saturated rings. The van der Waals surface area contributed by atoms with Gasteiger partial charge in [0.2, 0.25) is 0 Å². The number of phenols is 2. The van der Waals surface area contributed by atoms with Gasteiger partial charge >= 0.3 is 0 Å². The Hall–Kier alpha value is -2.62. The van der Waals surface area contributed by atoms with E-state index >= 15 is 0 Å². The lowest BCUT2D eigenvalue weighted by Crippen LogP contribution is -1.89. The smallest absolute Gasteiger partial charge is 0.143 e. The molecule has 0 unspecified atom stereocenters. The first-order chi connectivity index (χ1) is 9.17. The zero-order valence-electron chi connectivity index (χ0n) is 10.4. The second kappa shape index (κ2) is 4.24. The molecule has 0 aliphatic rings. The van der Waals surface area contributed by atoms with Crippen LogP contribution in [0.25, 0.3) is 16.5 Å². The minimum absolute atomic E-state index is 0.0345. The number of benzene rings is 2. The summed E-state index contributed by atoms with van der Waals surface area (Å²) in [5.74, 6) is 0.868. The van der Waals surface area contributed by atoms with Crippen LogP contribution in [0.5, 0.6) is 17.2 Å². The summed E-state index contributed by atoms with van der Waals surface area (Å²) in [5.41, 5.74) is 0.618. The van der Waals surface area contributed by atoms with Gasteiger partial charge in [-0.15, -0.1) is 0 Å². The highest BCUT2D eigenvalue weighted by Gasteiger charge is 2.07. The fourth-order valence-corrected chi connectivity index (χ4v) is 2.12. The van der Waals surface area contributed by atoms with E-state index in [-0.39, 0.29) is 11.5 Å². The highest BCUT2D eigenvalue weighted by Crippen LogP contribution is 2.29. The van der Waals surface area contributed by atoms with E-state index in [1.54, 1.807) is 19.2 Å². The minimum atomic E-state index is 0.0345. The predicted octanol–water partition coefficient (Wildman–Crippen LogP) is 3.05. The monoisotopic (exact) mass is 255 g/mol. The molecule has 0 aliphatic heterocycles. The molecule has 4 heteroatoms. The van der Waals surface area contributed by atoms with E-state index in [0.29, 0.717) is 5.69 Å². The molecule has 0 aliphatic carbocycles. The van der Waals surface area contributed by atoms with Gasteiger partial charge in [0.05, 0.1) is 12.8 Å². The van der Waals surface area contributed by atoms with Gasteiger partial charge in [0.15, 0.2) is 0 Å². The summed E-state index contributed by atoms with van der Waals surface area (Å²) in [7, 11) is 1.63. The first-order valence-electron chi connectivity index (χ1n) is 5.85. The number of rotatable bonds is 2. The maximum absolute atomic E-state index is 9.87. The fraction of sp³-hybridized carbons (Fsp3) is 0.0667. The molecule has 1 heterocycles. The molecule has 2 aromatic carbocycles. The Labute approximate surface area is 110 Å². The standard InChI is InChI=1S/C15H13NO3/c1-19-13-4-2-10-8-16(9-11(10)6-13)14-5-3-12(17)7-15(14)18/h2-9,17-18H,1H3. The van der Waals surface area contributed by atoms with Gasteiger partial charge in [0, 0.05) is 29.2 Å². The van der Waals surface area contributed by atoms with E-state index in [0.717, 1.165) is 16.5 Å². The highest BCUT2D eigenvalue weighted by atomic mass is 16.5. The normalized spacial score (nSPS) is 10.8. The predicted molar refractivity (Wildman–Crippen MR) is 73.2 cm³/mol. The molecule has 2 N–H and O–H groups in total. The molecular weight excluding hydrogens is 242 g/mol. The van der Waals surface area contributed by atoms with Gasteiger partial charge in [-0.25, -0.2) is 0 Å². The van der Waals surface area contributed by atoms with Crippen LogP contribution in [0.3, 0.4) is 0 Å². The SMILES string of the molecule is COc1ccc2cn(-c3ccc(O)cc3O)cc2c1. The number of nitrogens with zero attached hydrogens (tertiary/aromatic N) is 1. The van der Waals surface area contributed by atoms with Crippen molar-refractivity contribution >= 4 is 10.8 Å². The molecule has 3 aromatic rings. The van der Waals surface area contributed by atoms with E-state index in [2.05, 4.69) is 0 Å². The first kappa shape index (κ1) is 11.5. The van der Waals surface area contributed by atoms with Crippen molar-refractivity contribution < 1.29 is 14.9 Å². The Morgan fingerprint density at radius 2 is 1.74 bits per heavy atom. The van der Waals surface area contributed by atoms with Crippen molar-refractivity contribution in [3.8, 4) is 22.9 Å². The summed E-state index contributed by atoms with van der Waals surface area (Å²) < 4.78 is 7.00. The average molecular weight is 255 g/mol.